The summed E-state index contributed by atoms with van der Waals surface area (Å²) >= 11 is 0. The van der Waals surface area contributed by atoms with E-state index in [1.165, 1.54) is 25.3 Å². The number of carbonyl (C=O) groups is 2. The maximum atomic E-state index is 12.5. The smallest absolute Gasteiger partial charge is 0.323 e. The number of carboxylic acid groups (broad SMARTS) is 1. The molecule has 1 aromatic carbocycles. The molecule has 0 radical (unpaired) electrons. The van der Waals surface area contributed by atoms with Crippen molar-refractivity contribution in [3.63, 3.8) is 0 Å². The van der Waals surface area contributed by atoms with E-state index >= 15 is 0 Å². The van der Waals surface area contributed by atoms with Crippen molar-refractivity contribution in [3.8, 4) is 5.75 Å². The molecule has 1 N–H and O–H groups in total. The first-order valence-corrected chi connectivity index (χ1v) is 8.49. The van der Waals surface area contributed by atoms with Gasteiger partial charge in [0.25, 0.3) is 5.91 Å². The third kappa shape index (κ3) is 4.45. The van der Waals surface area contributed by atoms with Crippen LogP contribution in [0.1, 0.15) is 23.7 Å². The number of hydrogen-bond acceptors (Lipinski definition) is 5. The zero-order valence-electron chi connectivity index (χ0n) is 12.7. The highest BCUT2D eigenvalue weighted by Crippen LogP contribution is 2.24. The summed E-state index contributed by atoms with van der Waals surface area (Å²) in [5, 5.41) is 8.90. The first kappa shape index (κ1) is 18.0. The molecular weight excluding hydrogens is 310 g/mol. The van der Waals surface area contributed by atoms with Gasteiger partial charge < -0.3 is 14.7 Å². The van der Waals surface area contributed by atoms with Crippen LogP contribution in [0, 0.1) is 0 Å². The van der Waals surface area contributed by atoms with Gasteiger partial charge >= 0.3 is 5.97 Å². The van der Waals surface area contributed by atoms with Crippen molar-refractivity contribution in [1.82, 2.24) is 4.90 Å². The molecule has 0 aliphatic carbocycles. The van der Waals surface area contributed by atoms with E-state index in [9.17, 15) is 18.0 Å². The van der Waals surface area contributed by atoms with Crippen LogP contribution in [0.3, 0.4) is 0 Å². The average Bonchev–Trinajstić information content (AvgIpc) is 2.44. The van der Waals surface area contributed by atoms with Gasteiger partial charge in [-0.3, -0.25) is 9.59 Å². The molecule has 0 bridgehead atoms. The number of sulfone groups is 1. The largest absolute Gasteiger partial charge is 0.496 e. The van der Waals surface area contributed by atoms with Crippen molar-refractivity contribution >= 4 is 21.7 Å². The minimum absolute atomic E-state index is 0.0246. The summed E-state index contributed by atoms with van der Waals surface area (Å²) in [6.45, 7) is 1.60. The molecule has 1 amide bonds. The highest BCUT2D eigenvalue weighted by Gasteiger charge is 2.23. The molecule has 0 saturated heterocycles. The van der Waals surface area contributed by atoms with E-state index in [1.54, 1.807) is 0 Å². The van der Waals surface area contributed by atoms with E-state index in [4.69, 9.17) is 9.84 Å². The predicted octanol–water partition coefficient (Wildman–Crippen LogP) is 1.04. The van der Waals surface area contributed by atoms with Crippen LogP contribution in [0.15, 0.2) is 23.1 Å². The summed E-state index contributed by atoms with van der Waals surface area (Å²) in [4.78, 5) is 24.5. The molecule has 0 spiro atoms. The van der Waals surface area contributed by atoms with Gasteiger partial charge in [0.05, 0.1) is 17.6 Å². The first-order chi connectivity index (χ1) is 10.2. The number of nitrogens with zero attached hydrogens (tertiary/aromatic N) is 1. The normalized spacial score (nSPS) is 11.0. The fourth-order valence-corrected chi connectivity index (χ4v) is 2.59. The van der Waals surface area contributed by atoms with E-state index in [-0.39, 0.29) is 22.8 Å². The molecule has 8 heteroatoms. The Morgan fingerprint density at radius 1 is 1.32 bits per heavy atom. The topological polar surface area (TPSA) is 101 Å². The number of methoxy groups -OCH3 is 1. The minimum Gasteiger partial charge on any atom is -0.496 e. The van der Waals surface area contributed by atoms with E-state index in [0.717, 1.165) is 11.2 Å². The van der Waals surface area contributed by atoms with Crippen LogP contribution >= 0.6 is 0 Å². The third-order valence-electron chi connectivity index (χ3n) is 2.94. The van der Waals surface area contributed by atoms with Gasteiger partial charge in [0.2, 0.25) is 0 Å². The molecule has 1 aromatic rings. The fraction of sp³-hybridized carbons (Fsp3) is 0.429. The van der Waals surface area contributed by atoms with Gasteiger partial charge in [-0.05, 0) is 24.6 Å². The van der Waals surface area contributed by atoms with Gasteiger partial charge in [-0.15, -0.1) is 0 Å². The molecule has 0 aliphatic rings. The maximum Gasteiger partial charge on any atom is 0.323 e. The number of aliphatic carboxylic acids is 1. The maximum absolute atomic E-state index is 12.5. The summed E-state index contributed by atoms with van der Waals surface area (Å²) in [5.41, 5.74) is 0.0279. The van der Waals surface area contributed by atoms with Gasteiger partial charge in [-0.2, -0.15) is 0 Å². The van der Waals surface area contributed by atoms with Crippen molar-refractivity contribution in [2.75, 3.05) is 26.5 Å². The minimum atomic E-state index is -3.49. The lowest BCUT2D eigenvalue weighted by Crippen LogP contribution is -2.36. The van der Waals surface area contributed by atoms with Gasteiger partial charge in [0.15, 0.2) is 9.84 Å². The molecule has 0 aliphatic heterocycles. The van der Waals surface area contributed by atoms with Crippen molar-refractivity contribution in [2.45, 2.75) is 18.2 Å². The number of carbonyl (C=O) groups excluding carboxylic acids is 1. The fourth-order valence-electron chi connectivity index (χ4n) is 1.94. The number of carboxylic acids is 1. The Morgan fingerprint density at radius 2 is 1.95 bits per heavy atom. The standard InChI is InChI=1S/C14H19NO6S/c1-4-7-15(9-13(16)17)14(18)11-8-10(22(3,19)20)5-6-12(11)21-2/h5-6,8H,4,7,9H2,1-3H3,(H,16,17). The Bertz CT molecular complexity index is 668. The monoisotopic (exact) mass is 329 g/mol. The van der Waals surface area contributed by atoms with Crippen LogP contribution in [0.25, 0.3) is 0 Å². The predicted molar refractivity (Wildman–Crippen MR) is 79.9 cm³/mol. The quantitative estimate of drug-likeness (QED) is 0.802. The SMILES string of the molecule is CCCN(CC(=O)O)C(=O)c1cc(S(C)(=O)=O)ccc1OC. The second-order valence-electron chi connectivity index (χ2n) is 4.75. The van der Waals surface area contributed by atoms with Gasteiger partial charge in [0.1, 0.15) is 12.3 Å². The lowest BCUT2D eigenvalue weighted by Gasteiger charge is -2.21. The lowest BCUT2D eigenvalue weighted by atomic mass is 10.1. The molecular formula is C14H19NO6S. The van der Waals surface area contributed by atoms with Crippen LogP contribution in [-0.2, 0) is 14.6 Å². The summed E-state index contributed by atoms with van der Waals surface area (Å²) < 4.78 is 28.3. The zero-order valence-corrected chi connectivity index (χ0v) is 13.5. The Labute approximate surface area is 129 Å². The van der Waals surface area contributed by atoms with Crippen LogP contribution in [-0.4, -0.2) is 56.8 Å². The Kier molecular flexibility index (Phi) is 5.92. The number of hydrogen-bond donors (Lipinski definition) is 1. The molecule has 0 atom stereocenters. The average molecular weight is 329 g/mol. The van der Waals surface area contributed by atoms with E-state index in [0.29, 0.717) is 6.42 Å². The molecule has 1 rings (SSSR count). The van der Waals surface area contributed by atoms with Crippen LogP contribution in [0.2, 0.25) is 0 Å². The van der Waals surface area contributed by atoms with E-state index in [1.807, 2.05) is 6.92 Å². The lowest BCUT2D eigenvalue weighted by molar-refractivity contribution is -0.137. The van der Waals surface area contributed by atoms with Gasteiger partial charge in [-0.25, -0.2) is 8.42 Å². The number of benzene rings is 1. The van der Waals surface area contributed by atoms with Gasteiger partial charge in [-0.1, -0.05) is 6.92 Å². The van der Waals surface area contributed by atoms with Crippen molar-refractivity contribution in [3.05, 3.63) is 23.8 Å². The van der Waals surface area contributed by atoms with Gasteiger partial charge in [0, 0.05) is 12.8 Å². The Balaban J connectivity index is 3.31. The van der Waals surface area contributed by atoms with Crippen LogP contribution in [0.5, 0.6) is 5.75 Å². The second-order valence-corrected chi connectivity index (χ2v) is 6.77. The Hall–Kier alpha value is -2.09. The summed E-state index contributed by atoms with van der Waals surface area (Å²) in [5.74, 6) is -1.52. The summed E-state index contributed by atoms with van der Waals surface area (Å²) in [7, 11) is -2.13. The van der Waals surface area contributed by atoms with Crippen molar-refractivity contribution in [2.24, 2.45) is 0 Å². The molecule has 0 fully saturated rings. The molecule has 0 unspecified atom stereocenters. The Morgan fingerprint density at radius 3 is 2.41 bits per heavy atom. The number of ether oxygens (including phenoxy) is 1. The highest BCUT2D eigenvalue weighted by atomic mass is 32.2. The summed E-state index contributed by atoms with van der Waals surface area (Å²) in [6, 6.07) is 3.93. The zero-order chi connectivity index (χ0) is 16.9. The summed E-state index contributed by atoms with van der Waals surface area (Å²) in [6.07, 6.45) is 1.61. The molecule has 122 valence electrons. The molecule has 7 nitrogen and oxygen atoms in total. The van der Waals surface area contributed by atoms with Crippen LogP contribution < -0.4 is 4.74 Å². The molecule has 0 aromatic heterocycles. The number of rotatable bonds is 7. The van der Waals surface area contributed by atoms with E-state index < -0.39 is 28.3 Å². The number of amides is 1. The second kappa shape index (κ2) is 7.26. The van der Waals surface area contributed by atoms with E-state index in [2.05, 4.69) is 0 Å². The van der Waals surface area contributed by atoms with Crippen LogP contribution in [0.4, 0.5) is 0 Å². The highest BCUT2D eigenvalue weighted by molar-refractivity contribution is 7.90. The van der Waals surface area contributed by atoms with Crippen molar-refractivity contribution in [1.29, 1.82) is 0 Å². The molecule has 0 heterocycles. The first-order valence-electron chi connectivity index (χ1n) is 6.59. The molecule has 0 saturated carbocycles. The molecule has 22 heavy (non-hydrogen) atoms. The van der Waals surface area contributed by atoms with Crippen molar-refractivity contribution < 1.29 is 27.9 Å². The third-order valence-corrected chi connectivity index (χ3v) is 4.05.